The number of hydrogen-bond donors (Lipinski definition) is 1. The maximum Gasteiger partial charge on any atom is 0.261 e. The van der Waals surface area contributed by atoms with E-state index in [1.54, 1.807) is 37.3 Å². The number of rotatable bonds is 7. The van der Waals surface area contributed by atoms with Crippen LogP contribution < -0.4 is 10.1 Å². The highest BCUT2D eigenvalue weighted by atomic mass is 35.5. The third-order valence-corrected chi connectivity index (χ3v) is 4.85. The van der Waals surface area contributed by atoms with Gasteiger partial charge >= 0.3 is 0 Å². The van der Waals surface area contributed by atoms with Gasteiger partial charge in [-0.3, -0.25) is 9.59 Å². The van der Waals surface area contributed by atoms with Crippen molar-refractivity contribution in [2.45, 2.75) is 45.8 Å². The smallest absolute Gasteiger partial charge is 0.261 e. The summed E-state index contributed by atoms with van der Waals surface area (Å²) in [5, 5.41) is 3.74. The molecule has 5 nitrogen and oxygen atoms in total. The molecule has 156 valence electrons. The van der Waals surface area contributed by atoms with E-state index < -0.39 is 11.6 Å². The summed E-state index contributed by atoms with van der Waals surface area (Å²) in [6, 6.07) is 13.5. The first-order valence-electron chi connectivity index (χ1n) is 9.30. The number of carbonyl (C=O) groups excluding carboxylic acids is 2. The number of benzene rings is 2. The Morgan fingerprint density at radius 2 is 1.72 bits per heavy atom. The number of nitrogens with one attached hydrogen (secondary N) is 1. The van der Waals surface area contributed by atoms with Crippen molar-refractivity contribution >= 4 is 35.0 Å². The van der Waals surface area contributed by atoms with Gasteiger partial charge in [-0.15, -0.1) is 0 Å². The van der Waals surface area contributed by atoms with Gasteiger partial charge in [-0.1, -0.05) is 47.5 Å². The molecule has 1 atom stereocenters. The zero-order valence-corrected chi connectivity index (χ0v) is 18.6. The summed E-state index contributed by atoms with van der Waals surface area (Å²) in [7, 11) is 0. The SMILES string of the molecule is C[C@@H](C(=O)NC(C)(C)C)N(Cc1ccc(Cl)c(Cl)c1)C(=O)COc1ccccc1. The van der Waals surface area contributed by atoms with Crippen molar-refractivity contribution < 1.29 is 14.3 Å². The summed E-state index contributed by atoms with van der Waals surface area (Å²) in [5.41, 5.74) is 0.354. The Balaban J connectivity index is 2.19. The van der Waals surface area contributed by atoms with Crippen LogP contribution in [0.2, 0.25) is 10.0 Å². The number of para-hydroxylation sites is 1. The maximum atomic E-state index is 12.9. The van der Waals surface area contributed by atoms with E-state index in [0.29, 0.717) is 15.8 Å². The highest BCUT2D eigenvalue weighted by Crippen LogP contribution is 2.24. The van der Waals surface area contributed by atoms with Crippen LogP contribution >= 0.6 is 23.2 Å². The van der Waals surface area contributed by atoms with E-state index >= 15 is 0 Å². The van der Waals surface area contributed by atoms with Crippen LogP contribution in [0, 0.1) is 0 Å². The van der Waals surface area contributed by atoms with Crippen molar-refractivity contribution in [1.82, 2.24) is 10.2 Å². The van der Waals surface area contributed by atoms with Gasteiger partial charge in [0.05, 0.1) is 10.0 Å². The number of halogens is 2. The Hall–Kier alpha value is -2.24. The normalized spacial score (nSPS) is 12.2. The molecular formula is C22H26Cl2N2O3. The van der Waals surface area contributed by atoms with Gasteiger partial charge in [0.15, 0.2) is 6.61 Å². The van der Waals surface area contributed by atoms with Crippen LogP contribution in [-0.4, -0.2) is 34.9 Å². The molecule has 0 spiro atoms. The minimum atomic E-state index is -0.699. The van der Waals surface area contributed by atoms with Gasteiger partial charge in [0.2, 0.25) is 5.91 Å². The lowest BCUT2D eigenvalue weighted by Crippen LogP contribution is -2.53. The summed E-state index contributed by atoms with van der Waals surface area (Å²) in [5.74, 6) is 0.0317. The average Bonchev–Trinajstić information content (AvgIpc) is 2.66. The molecule has 2 rings (SSSR count). The molecule has 2 aromatic rings. The number of ether oxygens (including phenoxy) is 1. The van der Waals surface area contributed by atoms with Crippen LogP contribution in [0.4, 0.5) is 0 Å². The second kappa shape index (κ2) is 9.99. The number of nitrogens with zero attached hydrogens (tertiary/aromatic N) is 1. The van der Waals surface area contributed by atoms with Crippen molar-refractivity contribution in [3.8, 4) is 5.75 Å². The van der Waals surface area contributed by atoms with Crippen molar-refractivity contribution in [1.29, 1.82) is 0 Å². The van der Waals surface area contributed by atoms with Gasteiger partial charge in [0.1, 0.15) is 11.8 Å². The number of carbonyl (C=O) groups is 2. The van der Waals surface area contributed by atoms with Crippen LogP contribution in [0.25, 0.3) is 0 Å². The van der Waals surface area contributed by atoms with E-state index in [0.717, 1.165) is 5.56 Å². The molecule has 0 aromatic heterocycles. The minimum absolute atomic E-state index is 0.182. The number of hydrogen-bond acceptors (Lipinski definition) is 3. The minimum Gasteiger partial charge on any atom is -0.484 e. The summed E-state index contributed by atoms with van der Waals surface area (Å²) in [6.45, 7) is 7.38. The van der Waals surface area contributed by atoms with Crippen molar-refractivity contribution in [2.24, 2.45) is 0 Å². The van der Waals surface area contributed by atoms with Crippen LogP contribution in [-0.2, 0) is 16.1 Å². The molecule has 0 bridgehead atoms. The van der Waals surface area contributed by atoms with Gasteiger partial charge in [-0.05, 0) is 57.5 Å². The van der Waals surface area contributed by atoms with Crippen LogP contribution in [0.3, 0.4) is 0 Å². The van der Waals surface area contributed by atoms with E-state index in [-0.39, 0.29) is 25.0 Å². The molecule has 0 unspecified atom stereocenters. The topological polar surface area (TPSA) is 58.6 Å². The molecule has 0 saturated heterocycles. The third-order valence-electron chi connectivity index (χ3n) is 4.11. The summed E-state index contributed by atoms with van der Waals surface area (Å²) >= 11 is 12.1. The van der Waals surface area contributed by atoms with Crippen LogP contribution in [0.15, 0.2) is 48.5 Å². The molecule has 7 heteroatoms. The van der Waals surface area contributed by atoms with E-state index in [2.05, 4.69) is 5.32 Å². The van der Waals surface area contributed by atoms with Crippen LogP contribution in [0.1, 0.15) is 33.3 Å². The molecule has 0 heterocycles. The zero-order valence-electron chi connectivity index (χ0n) is 17.0. The van der Waals surface area contributed by atoms with Crippen molar-refractivity contribution in [3.05, 3.63) is 64.1 Å². The Bertz CT molecular complexity index is 851. The molecule has 0 saturated carbocycles. The molecule has 0 aliphatic rings. The molecule has 29 heavy (non-hydrogen) atoms. The second-order valence-corrected chi connectivity index (χ2v) is 8.60. The predicted molar refractivity (Wildman–Crippen MR) is 116 cm³/mol. The lowest BCUT2D eigenvalue weighted by molar-refractivity contribution is -0.142. The van der Waals surface area contributed by atoms with E-state index in [1.807, 2.05) is 39.0 Å². The Morgan fingerprint density at radius 1 is 1.07 bits per heavy atom. The predicted octanol–water partition coefficient (Wildman–Crippen LogP) is 4.70. The maximum absolute atomic E-state index is 12.9. The van der Waals surface area contributed by atoms with E-state index in [4.69, 9.17) is 27.9 Å². The third kappa shape index (κ3) is 7.26. The van der Waals surface area contributed by atoms with Gasteiger partial charge in [0.25, 0.3) is 5.91 Å². The monoisotopic (exact) mass is 436 g/mol. The highest BCUT2D eigenvalue weighted by Gasteiger charge is 2.28. The lowest BCUT2D eigenvalue weighted by atomic mass is 10.1. The second-order valence-electron chi connectivity index (χ2n) is 7.79. The average molecular weight is 437 g/mol. The van der Waals surface area contributed by atoms with E-state index in [1.165, 1.54) is 4.90 Å². The fourth-order valence-corrected chi connectivity index (χ4v) is 2.96. The molecule has 1 N–H and O–H groups in total. The first kappa shape index (κ1) is 23.0. The van der Waals surface area contributed by atoms with E-state index in [9.17, 15) is 9.59 Å². The summed E-state index contributed by atoms with van der Waals surface area (Å²) in [6.07, 6.45) is 0. The molecule has 0 aliphatic carbocycles. The summed E-state index contributed by atoms with van der Waals surface area (Å²) < 4.78 is 5.59. The summed E-state index contributed by atoms with van der Waals surface area (Å²) in [4.78, 5) is 27.1. The van der Waals surface area contributed by atoms with Gasteiger partial charge in [-0.2, -0.15) is 0 Å². The molecule has 0 radical (unpaired) electrons. The Kier molecular flexibility index (Phi) is 7.94. The first-order valence-corrected chi connectivity index (χ1v) is 10.1. The van der Waals surface area contributed by atoms with Gasteiger partial charge in [0, 0.05) is 12.1 Å². The van der Waals surface area contributed by atoms with Crippen LogP contribution in [0.5, 0.6) is 5.75 Å². The highest BCUT2D eigenvalue weighted by molar-refractivity contribution is 6.42. The molecule has 0 fully saturated rings. The fraction of sp³-hybridized carbons (Fsp3) is 0.364. The van der Waals surface area contributed by atoms with Gasteiger partial charge < -0.3 is 15.0 Å². The lowest BCUT2D eigenvalue weighted by Gasteiger charge is -2.31. The molecular weight excluding hydrogens is 411 g/mol. The quantitative estimate of drug-likeness (QED) is 0.683. The molecule has 2 aromatic carbocycles. The first-order chi connectivity index (χ1) is 13.6. The fourth-order valence-electron chi connectivity index (χ4n) is 2.64. The largest absolute Gasteiger partial charge is 0.484 e. The molecule has 0 aliphatic heterocycles. The standard InChI is InChI=1S/C22H26Cl2N2O3/c1-15(21(28)25-22(2,3)4)26(13-16-10-11-18(23)19(24)12-16)20(27)14-29-17-8-6-5-7-9-17/h5-12,15H,13-14H2,1-4H3,(H,25,28)/t15-/m0/s1. The number of amides is 2. The molecule has 2 amide bonds. The van der Waals surface area contributed by atoms with Crippen molar-refractivity contribution in [3.63, 3.8) is 0 Å². The Morgan fingerprint density at radius 3 is 2.31 bits per heavy atom. The zero-order chi connectivity index (χ0) is 21.6. The Labute approximate surface area is 181 Å². The van der Waals surface area contributed by atoms with Crippen molar-refractivity contribution in [2.75, 3.05) is 6.61 Å². The van der Waals surface area contributed by atoms with Gasteiger partial charge in [-0.25, -0.2) is 0 Å².